The van der Waals surface area contributed by atoms with Gasteiger partial charge in [-0.1, -0.05) is 36.8 Å². The summed E-state index contributed by atoms with van der Waals surface area (Å²) in [7, 11) is -3.68. The SMILES string of the molecule is CSc1ccc(S(=O)(=O)NCCSCc2cccc(C)c2)cc1C(=O)N1CCC(C)CC1. The van der Waals surface area contributed by atoms with E-state index in [-0.39, 0.29) is 10.8 Å². The fraction of sp³-hybridized carbons (Fsp3) is 0.458. The highest BCUT2D eigenvalue weighted by Crippen LogP contribution is 2.27. The molecular formula is C24H32N2O3S3. The number of piperidine rings is 1. The van der Waals surface area contributed by atoms with Crippen molar-refractivity contribution in [3.05, 3.63) is 59.2 Å². The predicted molar refractivity (Wildman–Crippen MR) is 135 cm³/mol. The van der Waals surface area contributed by atoms with E-state index in [0.717, 1.165) is 36.6 Å². The summed E-state index contributed by atoms with van der Waals surface area (Å²) in [5, 5.41) is 0. The molecule has 1 fully saturated rings. The molecule has 5 nitrogen and oxygen atoms in total. The molecule has 0 aliphatic carbocycles. The number of amides is 1. The topological polar surface area (TPSA) is 66.5 Å². The minimum atomic E-state index is -3.68. The number of carbonyl (C=O) groups excluding carboxylic acids is 1. The summed E-state index contributed by atoms with van der Waals surface area (Å²) in [5.74, 6) is 2.07. The highest BCUT2D eigenvalue weighted by Gasteiger charge is 2.25. The van der Waals surface area contributed by atoms with Crippen LogP contribution in [0.15, 0.2) is 52.3 Å². The molecule has 0 radical (unpaired) electrons. The zero-order valence-electron chi connectivity index (χ0n) is 19.0. The third kappa shape index (κ3) is 6.76. The molecule has 2 aromatic rings. The van der Waals surface area contributed by atoms with Crippen LogP contribution in [-0.4, -0.2) is 50.9 Å². The first-order chi connectivity index (χ1) is 15.3. The first-order valence-electron chi connectivity index (χ1n) is 10.9. The Morgan fingerprint density at radius 3 is 2.59 bits per heavy atom. The summed E-state index contributed by atoms with van der Waals surface area (Å²) in [6, 6.07) is 13.2. The fourth-order valence-electron chi connectivity index (χ4n) is 3.73. The molecule has 0 unspecified atom stereocenters. The van der Waals surface area contributed by atoms with Gasteiger partial charge in [-0.05, 0) is 55.7 Å². The summed E-state index contributed by atoms with van der Waals surface area (Å²) < 4.78 is 28.4. The second-order valence-corrected chi connectivity index (χ2v) is 12.0. The van der Waals surface area contributed by atoms with Crippen LogP contribution in [0.25, 0.3) is 0 Å². The molecule has 3 rings (SSSR count). The van der Waals surface area contributed by atoms with Crippen molar-refractivity contribution in [1.29, 1.82) is 0 Å². The Bertz CT molecular complexity index is 1030. The molecule has 32 heavy (non-hydrogen) atoms. The van der Waals surface area contributed by atoms with Gasteiger partial charge in [0.05, 0.1) is 10.5 Å². The summed E-state index contributed by atoms with van der Waals surface area (Å²) in [4.78, 5) is 15.9. The lowest BCUT2D eigenvalue weighted by Gasteiger charge is -2.30. The Morgan fingerprint density at radius 2 is 1.91 bits per heavy atom. The Kier molecular flexibility index (Phi) is 9.11. The monoisotopic (exact) mass is 492 g/mol. The number of carbonyl (C=O) groups is 1. The van der Waals surface area contributed by atoms with Crippen LogP contribution in [0.4, 0.5) is 0 Å². The van der Waals surface area contributed by atoms with Crippen LogP contribution in [0.2, 0.25) is 0 Å². The normalized spacial score (nSPS) is 15.2. The summed E-state index contributed by atoms with van der Waals surface area (Å²) in [6.45, 7) is 6.06. The molecule has 8 heteroatoms. The van der Waals surface area contributed by atoms with E-state index in [2.05, 4.69) is 36.8 Å². The molecule has 0 atom stereocenters. The maximum atomic E-state index is 13.1. The molecule has 1 amide bonds. The molecule has 0 aromatic heterocycles. The highest BCUT2D eigenvalue weighted by molar-refractivity contribution is 7.98. The second-order valence-electron chi connectivity index (χ2n) is 8.28. The maximum Gasteiger partial charge on any atom is 0.255 e. The van der Waals surface area contributed by atoms with Crippen LogP contribution in [0, 0.1) is 12.8 Å². The molecule has 1 saturated heterocycles. The smallest absolute Gasteiger partial charge is 0.255 e. The predicted octanol–water partition coefficient (Wildman–Crippen LogP) is 4.80. The standard InChI is InChI=1S/C24H32N2O3S3/c1-18-9-12-26(13-10-18)24(27)22-16-21(7-8-23(22)30-3)32(28,29)25-11-14-31-17-20-6-4-5-19(2)15-20/h4-8,15-16,18,25H,9-14,17H2,1-3H3. The van der Waals surface area contributed by atoms with Crippen LogP contribution in [0.5, 0.6) is 0 Å². The number of nitrogens with zero attached hydrogens (tertiary/aromatic N) is 1. The first kappa shape index (κ1) is 25.1. The van der Waals surface area contributed by atoms with Crippen molar-refractivity contribution >= 4 is 39.5 Å². The van der Waals surface area contributed by atoms with Crippen molar-refractivity contribution in [3.8, 4) is 0 Å². The average Bonchev–Trinajstić information content (AvgIpc) is 2.78. The number of likely N-dealkylation sites (tertiary alicyclic amines) is 1. The molecule has 1 aliphatic rings. The molecule has 0 bridgehead atoms. The number of rotatable bonds is 9. The molecule has 0 spiro atoms. The Labute approximate surface area is 200 Å². The average molecular weight is 493 g/mol. The third-order valence-corrected chi connectivity index (χ3v) is 8.96. The number of thioether (sulfide) groups is 2. The first-order valence-corrected chi connectivity index (χ1v) is 14.8. The van der Waals surface area contributed by atoms with Crippen molar-refractivity contribution in [2.24, 2.45) is 5.92 Å². The van der Waals surface area contributed by atoms with E-state index >= 15 is 0 Å². The minimum absolute atomic E-state index is 0.0768. The third-order valence-electron chi connectivity index (χ3n) is 5.67. The van der Waals surface area contributed by atoms with E-state index in [1.165, 1.54) is 29.0 Å². The van der Waals surface area contributed by atoms with Crippen molar-refractivity contribution in [1.82, 2.24) is 9.62 Å². The fourth-order valence-corrected chi connectivity index (χ4v) is 6.29. The Balaban J connectivity index is 1.61. The van der Waals surface area contributed by atoms with Crippen LogP contribution in [0.1, 0.15) is 41.3 Å². The summed E-state index contributed by atoms with van der Waals surface area (Å²) >= 11 is 3.16. The van der Waals surface area contributed by atoms with Crippen LogP contribution in [-0.2, 0) is 15.8 Å². The van der Waals surface area contributed by atoms with Gasteiger partial charge in [0, 0.05) is 36.0 Å². The number of sulfonamides is 1. The van der Waals surface area contributed by atoms with Gasteiger partial charge in [0.25, 0.3) is 5.91 Å². The molecule has 1 N–H and O–H groups in total. The van der Waals surface area contributed by atoms with Gasteiger partial charge in [0.2, 0.25) is 10.0 Å². The van der Waals surface area contributed by atoms with Gasteiger partial charge in [-0.15, -0.1) is 11.8 Å². The Hall–Kier alpha value is -1.48. The van der Waals surface area contributed by atoms with E-state index in [4.69, 9.17) is 0 Å². The van der Waals surface area contributed by atoms with Gasteiger partial charge in [-0.25, -0.2) is 13.1 Å². The number of aryl methyl sites for hydroxylation is 1. The van der Waals surface area contributed by atoms with Gasteiger partial charge >= 0.3 is 0 Å². The van der Waals surface area contributed by atoms with Gasteiger partial charge in [0.15, 0.2) is 0 Å². The molecule has 2 aromatic carbocycles. The molecular weight excluding hydrogens is 460 g/mol. The van der Waals surface area contributed by atoms with Gasteiger partial charge < -0.3 is 4.90 Å². The lowest BCUT2D eigenvalue weighted by Crippen LogP contribution is -2.38. The molecule has 0 saturated carbocycles. The molecule has 1 aliphatic heterocycles. The van der Waals surface area contributed by atoms with Crippen molar-refractivity contribution < 1.29 is 13.2 Å². The largest absolute Gasteiger partial charge is 0.339 e. The highest BCUT2D eigenvalue weighted by atomic mass is 32.2. The summed E-state index contributed by atoms with van der Waals surface area (Å²) in [5.41, 5.74) is 2.94. The maximum absolute atomic E-state index is 13.1. The molecule has 1 heterocycles. The van der Waals surface area contributed by atoms with Gasteiger partial charge in [0.1, 0.15) is 0 Å². The zero-order valence-corrected chi connectivity index (χ0v) is 21.4. The van der Waals surface area contributed by atoms with Crippen molar-refractivity contribution in [3.63, 3.8) is 0 Å². The van der Waals surface area contributed by atoms with E-state index in [1.807, 2.05) is 17.2 Å². The Morgan fingerprint density at radius 1 is 1.16 bits per heavy atom. The van der Waals surface area contributed by atoms with Crippen LogP contribution < -0.4 is 4.72 Å². The van der Waals surface area contributed by atoms with Gasteiger partial charge in [-0.3, -0.25) is 4.79 Å². The van der Waals surface area contributed by atoms with Crippen LogP contribution in [0.3, 0.4) is 0 Å². The van der Waals surface area contributed by atoms with E-state index in [9.17, 15) is 13.2 Å². The quantitative estimate of drug-likeness (QED) is 0.402. The number of hydrogen-bond acceptors (Lipinski definition) is 5. The number of benzene rings is 2. The minimum Gasteiger partial charge on any atom is -0.339 e. The van der Waals surface area contributed by atoms with Crippen molar-refractivity contribution in [2.45, 2.75) is 42.2 Å². The van der Waals surface area contributed by atoms with E-state index in [1.54, 1.807) is 23.9 Å². The van der Waals surface area contributed by atoms with E-state index < -0.39 is 10.0 Å². The van der Waals surface area contributed by atoms with Crippen molar-refractivity contribution in [2.75, 3.05) is 31.6 Å². The number of nitrogens with one attached hydrogen (secondary N) is 1. The van der Waals surface area contributed by atoms with E-state index in [0.29, 0.717) is 23.8 Å². The number of hydrogen-bond donors (Lipinski definition) is 1. The summed E-state index contributed by atoms with van der Waals surface area (Å²) in [6.07, 6.45) is 3.88. The van der Waals surface area contributed by atoms with Gasteiger partial charge in [-0.2, -0.15) is 11.8 Å². The lowest BCUT2D eigenvalue weighted by atomic mass is 9.98. The second kappa shape index (κ2) is 11.6. The molecule has 174 valence electrons. The lowest BCUT2D eigenvalue weighted by molar-refractivity contribution is 0.0693. The van der Waals surface area contributed by atoms with Crippen LogP contribution >= 0.6 is 23.5 Å². The zero-order chi connectivity index (χ0) is 23.1.